The maximum absolute atomic E-state index is 14.1. The van der Waals surface area contributed by atoms with Gasteiger partial charge in [0, 0.05) is 18.7 Å². The van der Waals surface area contributed by atoms with E-state index in [2.05, 4.69) is 24.3 Å². The van der Waals surface area contributed by atoms with E-state index in [1.165, 1.54) is 0 Å². The van der Waals surface area contributed by atoms with Gasteiger partial charge in [0.05, 0.1) is 11.7 Å². The molecule has 0 aromatic carbocycles. The second-order valence-electron chi connectivity index (χ2n) is 5.18. The molecule has 2 rings (SSSR count). The number of aromatic nitrogens is 2. The van der Waals surface area contributed by atoms with E-state index in [9.17, 15) is 4.39 Å². The Kier molecular flexibility index (Phi) is 4.75. The van der Waals surface area contributed by atoms with Gasteiger partial charge in [-0.15, -0.1) is 0 Å². The predicted octanol–water partition coefficient (Wildman–Crippen LogP) is 2.88. The molecular weight excluding hydrogens is 229 g/mol. The van der Waals surface area contributed by atoms with Crippen molar-refractivity contribution in [1.82, 2.24) is 15.1 Å². The van der Waals surface area contributed by atoms with Gasteiger partial charge in [0.1, 0.15) is 6.17 Å². The normalized spacial score (nSPS) is 21.7. The average Bonchev–Trinajstić information content (AvgIpc) is 3.01. The van der Waals surface area contributed by atoms with Crippen LogP contribution < -0.4 is 5.32 Å². The summed E-state index contributed by atoms with van der Waals surface area (Å²) >= 11 is 0. The largest absolute Gasteiger partial charge is 0.311 e. The van der Waals surface area contributed by atoms with Crippen LogP contribution in [0.25, 0.3) is 0 Å². The fraction of sp³-hybridized carbons (Fsp3) is 0.786. The zero-order valence-corrected chi connectivity index (χ0v) is 11.4. The zero-order chi connectivity index (χ0) is 13.0. The van der Waals surface area contributed by atoms with Crippen LogP contribution in [0.15, 0.2) is 12.3 Å². The number of hydrogen-bond acceptors (Lipinski definition) is 2. The topological polar surface area (TPSA) is 29.9 Å². The lowest BCUT2D eigenvalue weighted by molar-refractivity contribution is 0.261. The Bertz CT molecular complexity index is 354. The minimum atomic E-state index is -0.808. The van der Waals surface area contributed by atoms with Crippen molar-refractivity contribution in [1.29, 1.82) is 0 Å². The monoisotopic (exact) mass is 253 g/mol. The number of rotatable bonds is 6. The molecule has 4 heteroatoms. The fourth-order valence-electron chi connectivity index (χ4n) is 2.71. The molecule has 2 unspecified atom stereocenters. The van der Waals surface area contributed by atoms with Gasteiger partial charge in [-0.3, -0.25) is 4.68 Å². The van der Waals surface area contributed by atoms with E-state index in [4.69, 9.17) is 0 Å². The summed E-state index contributed by atoms with van der Waals surface area (Å²) in [6, 6.07) is 2.43. The van der Waals surface area contributed by atoms with Crippen LogP contribution in [-0.4, -0.2) is 28.5 Å². The highest BCUT2D eigenvalue weighted by Crippen LogP contribution is 2.18. The average molecular weight is 253 g/mol. The summed E-state index contributed by atoms with van der Waals surface area (Å²) < 4.78 is 16.0. The second-order valence-corrected chi connectivity index (χ2v) is 5.18. The molecule has 1 aliphatic rings. The maximum atomic E-state index is 14.1. The van der Waals surface area contributed by atoms with Crippen LogP contribution in [-0.2, 0) is 6.42 Å². The van der Waals surface area contributed by atoms with Gasteiger partial charge in [-0.2, -0.15) is 5.10 Å². The molecule has 1 saturated heterocycles. The summed E-state index contributed by atoms with van der Waals surface area (Å²) in [5.74, 6) is 0. The van der Waals surface area contributed by atoms with Crippen LogP contribution >= 0.6 is 0 Å². The number of halogens is 1. The second kappa shape index (κ2) is 6.32. The van der Waals surface area contributed by atoms with Crippen LogP contribution in [0.3, 0.4) is 0 Å². The predicted molar refractivity (Wildman–Crippen MR) is 71.5 cm³/mol. The molecule has 1 aromatic rings. The van der Waals surface area contributed by atoms with E-state index in [0.29, 0.717) is 12.5 Å². The van der Waals surface area contributed by atoms with E-state index in [1.54, 1.807) is 0 Å². The highest BCUT2D eigenvalue weighted by Gasteiger charge is 2.25. The molecular formula is C14H24FN3. The van der Waals surface area contributed by atoms with Gasteiger partial charge in [0.25, 0.3) is 0 Å². The standard InChI is InChI=1S/C14H24FN3/c1-3-12(4-2)18-9-7-11(17-18)10-13(15)14-6-5-8-16-14/h7,9,12-14,16H,3-6,8,10H2,1-2H3. The fourth-order valence-corrected chi connectivity index (χ4v) is 2.71. The van der Waals surface area contributed by atoms with Crippen molar-refractivity contribution in [2.45, 2.75) is 64.2 Å². The highest BCUT2D eigenvalue weighted by molar-refractivity contribution is 5.03. The summed E-state index contributed by atoms with van der Waals surface area (Å²) in [5, 5.41) is 7.73. The van der Waals surface area contributed by atoms with Crippen LogP contribution in [0, 0.1) is 0 Å². The SMILES string of the molecule is CCC(CC)n1ccc(CC(F)C2CCCN2)n1. The third-order valence-corrected chi connectivity index (χ3v) is 3.92. The first-order chi connectivity index (χ1) is 8.74. The van der Waals surface area contributed by atoms with Crippen molar-refractivity contribution in [2.75, 3.05) is 6.54 Å². The number of hydrogen-bond donors (Lipinski definition) is 1. The lowest BCUT2D eigenvalue weighted by Gasteiger charge is -2.15. The lowest BCUT2D eigenvalue weighted by atomic mass is 10.1. The first-order valence-electron chi connectivity index (χ1n) is 7.16. The molecule has 1 aliphatic heterocycles. The van der Waals surface area contributed by atoms with Gasteiger partial charge in [0.2, 0.25) is 0 Å². The minimum Gasteiger partial charge on any atom is -0.311 e. The van der Waals surface area contributed by atoms with Gasteiger partial charge >= 0.3 is 0 Å². The van der Waals surface area contributed by atoms with Crippen LogP contribution in [0.5, 0.6) is 0 Å². The molecule has 2 atom stereocenters. The molecule has 102 valence electrons. The van der Waals surface area contributed by atoms with Gasteiger partial charge in [-0.1, -0.05) is 13.8 Å². The Morgan fingerprint density at radius 1 is 1.50 bits per heavy atom. The van der Waals surface area contributed by atoms with Crippen LogP contribution in [0.1, 0.15) is 51.3 Å². The molecule has 0 bridgehead atoms. The van der Waals surface area contributed by atoms with Crippen molar-refractivity contribution >= 4 is 0 Å². The molecule has 0 spiro atoms. The van der Waals surface area contributed by atoms with Gasteiger partial charge in [-0.05, 0) is 38.3 Å². The third-order valence-electron chi connectivity index (χ3n) is 3.92. The molecule has 3 nitrogen and oxygen atoms in total. The van der Waals surface area contributed by atoms with E-state index in [1.807, 2.05) is 16.9 Å². The van der Waals surface area contributed by atoms with Crippen LogP contribution in [0.4, 0.5) is 4.39 Å². The van der Waals surface area contributed by atoms with Crippen LogP contribution in [0.2, 0.25) is 0 Å². The molecule has 0 radical (unpaired) electrons. The van der Waals surface area contributed by atoms with E-state index in [0.717, 1.165) is 37.9 Å². The number of alkyl halides is 1. The Balaban J connectivity index is 1.93. The minimum absolute atomic E-state index is 0.0308. The summed E-state index contributed by atoms with van der Waals surface area (Å²) in [5.41, 5.74) is 0.878. The molecule has 0 amide bonds. The molecule has 18 heavy (non-hydrogen) atoms. The lowest BCUT2D eigenvalue weighted by Crippen LogP contribution is -2.33. The first kappa shape index (κ1) is 13.5. The maximum Gasteiger partial charge on any atom is 0.121 e. The Hall–Kier alpha value is -0.900. The van der Waals surface area contributed by atoms with Crippen molar-refractivity contribution in [2.24, 2.45) is 0 Å². The Morgan fingerprint density at radius 3 is 2.89 bits per heavy atom. The zero-order valence-electron chi connectivity index (χ0n) is 11.4. The van der Waals surface area contributed by atoms with Crippen molar-refractivity contribution in [3.8, 4) is 0 Å². The Morgan fingerprint density at radius 2 is 2.28 bits per heavy atom. The van der Waals surface area contributed by atoms with E-state index < -0.39 is 6.17 Å². The summed E-state index contributed by atoms with van der Waals surface area (Å²) in [6.45, 7) is 5.28. The molecule has 0 saturated carbocycles. The van der Waals surface area contributed by atoms with Gasteiger partial charge < -0.3 is 5.32 Å². The molecule has 0 aliphatic carbocycles. The molecule has 1 N–H and O–H groups in total. The first-order valence-corrected chi connectivity index (χ1v) is 7.16. The smallest absolute Gasteiger partial charge is 0.121 e. The molecule has 1 fully saturated rings. The number of nitrogens with one attached hydrogen (secondary N) is 1. The molecule has 2 heterocycles. The third kappa shape index (κ3) is 3.10. The van der Waals surface area contributed by atoms with E-state index in [-0.39, 0.29) is 6.04 Å². The molecule has 1 aromatic heterocycles. The van der Waals surface area contributed by atoms with Crippen molar-refractivity contribution in [3.63, 3.8) is 0 Å². The summed E-state index contributed by atoms with van der Waals surface area (Å²) in [7, 11) is 0. The number of nitrogens with zero attached hydrogens (tertiary/aromatic N) is 2. The van der Waals surface area contributed by atoms with Gasteiger partial charge in [-0.25, -0.2) is 4.39 Å². The van der Waals surface area contributed by atoms with Gasteiger partial charge in [0.15, 0.2) is 0 Å². The summed E-state index contributed by atoms with van der Waals surface area (Å²) in [4.78, 5) is 0. The summed E-state index contributed by atoms with van der Waals surface area (Å²) in [6.07, 6.45) is 5.80. The van der Waals surface area contributed by atoms with Crippen molar-refractivity contribution < 1.29 is 4.39 Å². The Labute approximate surface area is 109 Å². The van der Waals surface area contributed by atoms with Crippen molar-refractivity contribution in [3.05, 3.63) is 18.0 Å². The highest BCUT2D eigenvalue weighted by atomic mass is 19.1. The quantitative estimate of drug-likeness (QED) is 0.845. The van der Waals surface area contributed by atoms with E-state index >= 15 is 0 Å².